The number of aromatic nitrogens is 2. The second-order valence-electron chi connectivity index (χ2n) is 5.74. The summed E-state index contributed by atoms with van der Waals surface area (Å²) in [5.41, 5.74) is 0.630. The molecule has 0 radical (unpaired) electrons. The van der Waals surface area contributed by atoms with Crippen molar-refractivity contribution in [3.05, 3.63) is 20.6 Å². The fraction of sp³-hybridized carbons (Fsp3) is 0.714. The average molecular weight is 347 g/mol. The van der Waals surface area contributed by atoms with Gasteiger partial charge in [-0.15, -0.1) is 0 Å². The van der Waals surface area contributed by atoms with Gasteiger partial charge in [0.05, 0.1) is 4.47 Å². The lowest BCUT2D eigenvalue weighted by molar-refractivity contribution is -0.0295. The Morgan fingerprint density at radius 2 is 1.79 bits per heavy atom. The van der Waals surface area contributed by atoms with Gasteiger partial charge >= 0.3 is 0 Å². The quantitative estimate of drug-likeness (QED) is 0.791. The molecule has 0 unspecified atom stereocenters. The van der Waals surface area contributed by atoms with Crippen LogP contribution in [0.15, 0.2) is 4.47 Å². The van der Waals surface area contributed by atoms with Gasteiger partial charge in [-0.3, -0.25) is 0 Å². The first-order chi connectivity index (χ1) is 8.71. The minimum absolute atomic E-state index is 0.0367. The van der Waals surface area contributed by atoms with Gasteiger partial charge in [-0.25, -0.2) is 4.98 Å². The normalized spacial score (nSPS) is 12.8. The van der Waals surface area contributed by atoms with Crippen LogP contribution in [0.25, 0.3) is 0 Å². The largest absolute Gasteiger partial charge is 0.370 e. The highest BCUT2D eigenvalue weighted by Crippen LogP contribution is 2.34. The molecule has 108 valence electrons. The van der Waals surface area contributed by atoms with Crippen molar-refractivity contribution in [2.24, 2.45) is 0 Å². The molecule has 0 saturated heterocycles. The third kappa shape index (κ3) is 3.26. The van der Waals surface area contributed by atoms with Gasteiger partial charge in [0.15, 0.2) is 0 Å². The van der Waals surface area contributed by atoms with Crippen LogP contribution in [0.5, 0.6) is 0 Å². The second kappa shape index (κ2) is 6.02. The van der Waals surface area contributed by atoms with Gasteiger partial charge < -0.3 is 9.72 Å². The summed E-state index contributed by atoms with van der Waals surface area (Å²) in [5.74, 6) is 0.818. The molecule has 1 heterocycles. The molecule has 0 spiro atoms. The highest BCUT2D eigenvalue weighted by atomic mass is 79.9. The first kappa shape index (κ1) is 16.8. The van der Waals surface area contributed by atoms with Crippen molar-refractivity contribution in [2.45, 2.75) is 58.5 Å². The standard InChI is InChI=1S/C14H23BrN2OS/c1-7-14(8-2,18-6)12-16-10(13(3,4)5)9(15)11(19)17-12/h7-8H2,1-6H3,(H,16,17,19). The molecule has 0 saturated carbocycles. The minimum atomic E-state index is -0.395. The molecule has 0 atom stereocenters. The summed E-state index contributed by atoms with van der Waals surface area (Å²) in [4.78, 5) is 7.96. The Labute approximate surface area is 129 Å². The van der Waals surface area contributed by atoms with Crippen molar-refractivity contribution < 1.29 is 4.74 Å². The van der Waals surface area contributed by atoms with Crippen molar-refractivity contribution in [2.75, 3.05) is 7.11 Å². The molecule has 5 heteroatoms. The van der Waals surface area contributed by atoms with Crippen molar-refractivity contribution in [1.82, 2.24) is 9.97 Å². The molecule has 1 rings (SSSR count). The van der Waals surface area contributed by atoms with E-state index in [1.807, 2.05) is 0 Å². The van der Waals surface area contributed by atoms with Crippen LogP contribution in [0, 0.1) is 4.64 Å². The SMILES string of the molecule is CCC(CC)(OC)c1nc(=S)c(Br)c(C(C)(C)C)[nH]1. The fourth-order valence-corrected chi connectivity index (χ4v) is 3.14. The monoisotopic (exact) mass is 346 g/mol. The van der Waals surface area contributed by atoms with Crippen molar-refractivity contribution in [3.8, 4) is 0 Å². The Kier molecular flexibility index (Phi) is 5.32. The average Bonchev–Trinajstić information content (AvgIpc) is 2.34. The van der Waals surface area contributed by atoms with Gasteiger partial charge in [-0.2, -0.15) is 0 Å². The third-order valence-corrected chi connectivity index (χ3v) is 4.91. The summed E-state index contributed by atoms with van der Waals surface area (Å²) in [6.07, 6.45) is 1.70. The first-order valence-electron chi connectivity index (χ1n) is 6.57. The number of hydrogen-bond donors (Lipinski definition) is 1. The number of aromatic amines is 1. The van der Waals surface area contributed by atoms with E-state index in [1.54, 1.807) is 7.11 Å². The topological polar surface area (TPSA) is 37.9 Å². The molecule has 0 bridgehead atoms. The van der Waals surface area contributed by atoms with Crippen molar-refractivity contribution in [1.29, 1.82) is 0 Å². The number of ether oxygens (including phenoxy) is 1. The lowest BCUT2D eigenvalue weighted by Crippen LogP contribution is -2.31. The van der Waals surface area contributed by atoms with Gasteiger partial charge in [-0.1, -0.05) is 46.8 Å². The van der Waals surface area contributed by atoms with Crippen molar-refractivity contribution >= 4 is 28.1 Å². The van der Waals surface area contributed by atoms with Gasteiger partial charge in [0.2, 0.25) is 0 Å². The maximum atomic E-state index is 5.73. The van der Waals surface area contributed by atoms with E-state index in [0.29, 0.717) is 4.64 Å². The van der Waals surface area contributed by atoms with Crippen LogP contribution in [0.2, 0.25) is 0 Å². The van der Waals surface area contributed by atoms with Gasteiger partial charge in [0, 0.05) is 18.2 Å². The molecule has 0 aromatic carbocycles. The van der Waals surface area contributed by atoms with E-state index in [2.05, 4.69) is 60.5 Å². The number of rotatable bonds is 4. The van der Waals surface area contributed by atoms with Crippen LogP contribution in [0.4, 0.5) is 0 Å². The Morgan fingerprint density at radius 1 is 1.26 bits per heavy atom. The Balaban J connectivity index is 3.56. The van der Waals surface area contributed by atoms with Crippen LogP contribution >= 0.6 is 28.1 Å². The maximum Gasteiger partial charge on any atom is 0.144 e. The molecular weight excluding hydrogens is 324 g/mol. The van der Waals surface area contributed by atoms with Crippen LogP contribution in [0.1, 0.15) is 59.0 Å². The molecule has 0 fully saturated rings. The summed E-state index contributed by atoms with van der Waals surface area (Å²) in [6.45, 7) is 10.6. The Hall–Kier alpha value is -0.260. The molecule has 3 nitrogen and oxygen atoms in total. The first-order valence-corrected chi connectivity index (χ1v) is 7.78. The van der Waals surface area contributed by atoms with Crippen LogP contribution in [-0.4, -0.2) is 17.1 Å². The summed E-state index contributed by atoms with van der Waals surface area (Å²) in [7, 11) is 1.73. The number of nitrogens with zero attached hydrogens (tertiary/aromatic N) is 1. The van der Waals surface area contributed by atoms with Gasteiger partial charge in [0.25, 0.3) is 0 Å². The van der Waals surface area contributed by atoms with E-state index in [4.69, 9.17) is 17.0 Å². The lowest BCUT2D eigenvalue weighted by atomic mass is 9.90. The number of halogens is 1. The highest BCUT2D eigenvalue weighted by Gasteiger charge is 2.32. The molecular formula is C14H23BrN2OS. The summed E-state index contributed by atoms with van der Waals surface area (Å²) in [6, 6.07) is 0. The summed E-state index contributed by atoms with van der Waals surface area (Å²) >= 11 is 8.92. The van der Waals surface area contributed by atoms with E-state index >= 15 is 0 Å². The molecule has 0 aliphatic rings. The fourth-order valence-electron chi connectivity index (χ4n) is 2.16. The minimum Gasteiger partial charge on any atom is -0.370 e. The van der Waals surface area contributed by atoms with Crippen LogP contribution < -0.4 is 0 Å². The highest BCUT2D eigenvalue weighted by molar-refractivity contribution is 9.10. The molecule has 0 amide bonds. The second-order valence-corrected chi connectivity index (χ2v) is 6.91. The predicted octanol–water partition coefficient (Wildman–Crippen LogP) is 4.86. The number of methoxy groups -OCH3 is 1. The molecule has 0 aliphatic carbocycles. The Morgan fingerprint density at radius 3 is 2.16 bits per heavy atom. The Bertz CT molecular complexity index is 493. The van der Waals surface area contributed by atoms with E-state index in [9.17, 15) is 0 Å². The van der Waals surface area contributed by atoms with Crippen molar-refractivity contribution in [3.63, 3.8) is 0 Å². The number of nitrogens with one attached hydrogen (secondary N) is 1. The molecule has 0 aliphatic heterocycles. The molecule has 1 aromatic heterocycles. The van der Waals surface area contributed by atoms with E-state index in [-0.39, 0.29) is 5.41 Å². The smallest absolute Gasteiger partial charge is 0.144 e. The molecule has 1 N–H and O–H groups in total. The third-order valence-electron chi connectivity index (χ3n) is 3.58. The zero-order valence-corrected chi connectivity index (χ0v) is 15.0. The maximum absolute atomic E-state index is 5.73. The molecule has 19 heavy (non-hydrogen) atoms. The lowest BCUT2D eigenvalue weighted by Gasteiger charge is -2.31. The summed E-state index contributed by atoms with van der Waals surface area (Å²) in [5, 5.41) is 0. The molecule has 1 aromatic rings. The van der Waals surface area contributed by atoms with Gasteiger partial charge in [0.1, 0.15) is 16.1 Å². The van der Waals surface area contributed by atoms with Crippen LogP contribution in [-0.2, 0) is 15.8 Å². The zero-order chi connectivity index (χ0) is 14.8. The summed E-state index contributed by atoms with van der Waals surface area (Å²) < 4.78 is 7.19. The number of hydrogen-bond acceptors (Lipinski definition) is 3. The van der Waals surface area contributed by atoms with Crippen LogP contribution in [0.3, 0.4) is 0 Å². The van der Waals surface area contributed by atoms with E-state index < -0.39 is 5.60 Å². The van der Waals surface area contributed by atoms with Gasteiger partial charge in [-0.05, 0) is 28.8 Å². The number of H-pyrrole nitrogens is 1. The zero-order valence-electron chi connectivity index (χ0n) is 12.6. The van der Waals surface area contributed by atoms with E-state index in [1.165, 1.54) is 0 Å². The predicted molar refractivity (Wildman–Crippen MR) is 85.1 cm³/mol. The van der Waals surface area contributed by atoms with E-state index in [0.717, 1.165) is 28.8 Å².